The molecule has 0 spiro atoms. The van der Waals surface area contributed by atoms with Crippen molar-refractivity contribution in [3.05, 3.63) is 78.7 Å². The molecule has 0 aliphatic rings. The van der Waals surface area contributed by atoms with Gasteiger partial charge in [0, 0.05) is 12.0 Å². The van der Waals surface area contributed by atoms with Gasteiger partial charge in [0.25, 0.3) is 5.91 Å². The van der Waals surface area contributed by atoms with Crippen LogP contribution in [0, 0.1) is 12.3 Å². The molecule has 0 unspecified atom stereocenters. The van der Waals surface area contributed by atoms with Gasteiger partial charge < -0.3 is 24.3 Å². The zero-order valence-corrected chi connectivity index (χ0v) is 23.5. The molecule has 39 heavy (non-hydrogen) atoms. The summed E-state index contributed by atoms with van der Waals surface area (Å²) in [5.74, 6) is -1.51. The van der Waals surface area contributed by atoms with Crippen molar-refractivity contribution in [1.29, 1.82) is 0 Å². The first-order valence-corrected chi connectivity index (χ1v) is 13.3. The number of hydrogen-bond donors (Lipinski definition) is 1. The number of esters is 2. The minimum atomic E-state index is -1.17. The molecule has 213 valence electrons. The van der Waals surface area contributed by atoms with Crippen LogP contribution in [0.2, 0.25) is 0 Å². The quantitative estimate of drug-likeness (QED) is 0.288. The number of ether oxygens (including phenoxy) is 4. The SMILES string of the molecule is [CH2]CCNC(=O)[C@H](OC(=O)C[C@@H](C)OCc1ccccc1)C(C)(C)COC(=O)C[C@@H](C)OCc1ccccc1. The molecule has 2 rings (SSSR count). The maximum Gasteiger partial charge on any atom is 0.309 e. The molecule has 0 aromatic heterocycles. The highest BCUT2D eigenvalue weighted by Crippen LogP contribution is 2.26. The van der Waals surface area contributed by atoms with Gasteiger partial charge >= 0.3 is 11.9 Å². The summed E-state index contributed by atoms with van der Waals surface area (Å²) in [7, 11) is 0. The molecule has 0 bridgehead atoms. The van der Waals surface area contributed by atoms with Gasteiger partial charge in [-0.1, -0.05) is 81.4 Å². The fourth-order valence-electron chi connectivity index (χ4n) is 3.67. The predicted octanol–water partition coefficient (Wildman–Crippen LogP) is 4.80. The van der Waals surface area contributed by atoms with Crippen molar-refractivity contribution < 1.29 is 33.3 Å². The number of nitrogens with one attached hydrogen (secondary N) is 1. The summed E-state index contributed by atoms with van der Waals surface area (Å²) < 4.78 is 22.6. The molecule has 2 aromatic carbocycles. The van der Waals surface area contributed by atoms with E-state index in [1.54, 1.807) is 27.7 Å². The van der Waals surface area contributed by atoms with Crippen molar-refractivity contribution in [3.8, 4) is 0 Å². The Hall–Kier alpha value is -3.23. The van der Waals surface area contributed by atoms with Gasteiger partial charge in [0.05, 0.1) is 38.3 Å². The third kappa shape index (κ3) is 12.4. The average Bonchev–Trinajstić information content (AvgIpc) is 2.92. The van der Waals surface area contributed by atoms with E-state index in [4.69, 9.17) is 18.9 Å². The highest BCUT2D eigenvalue weighted by atomic mass is 16.6. The van der Waals surface area contributed by atoms with E-state index in [0.717, 1.165) is 11.1 Å². The first-order valence-electron chi connectivity index (χ1n) is 13.3. The van der Waals surface area contributed by atoms with Gasteiger partial charge in [-0.15, -0.1) is 0 Å². The fraction of sp³-hybridized carbons (Fsp3) is 0.484. The topological polar surface area (TPSA) is 100 Å². The van der Waals surface area contributed by atoms with Crippen LogP contribution in [0.5, 0.6) is 0 Å². The van der Waals surface area contributed by atoms with E-state index < -0.39 is 35.5 Å². The maximum absolute atomic E-state index is 12.9. The third-order valence-electron chi connectivity index (χ3n) is 5.94. The molecule has 8 heteroatoms. The molecule has 1 radical (unpaired) electrons. The van der Waals surface area contributed by atoms with Crippen LogP contribution in [0.25, 0.3) is 0 Å². The lowest BCUT2D eigenvalue weighted by atomic mass is 9.86. The number of hydrogen-bond acceptors (Lipinski definition) is 7. The van der Waals surface area contributed by atoms with Crippen molar-refractivity contribution in [2.24, 2.45) is 5.41 Å². The third-order valence-corrected chi connectivity index (χ3v) is 5.94. The number of carbonyl (C=O) groups is 3. The highest BCUT2D eigenvalue weighted by molar-refractivity contribution is 5.84. The normalized spacial score (nSPS) is 13.7. The van der Waals surface area contributed by atoms with Crippen LogP contribution in [0.15, 0.2) is 60.7 Å². The Balaban J connectivity index is 1.89. The first kappa shape index (κ1) is 32.0. The van der Waals surface area contributed by atoms with E-state index in [-0.39, 0.29) is 25.6 Å². The molecule has 0 aliphatic carbocycles. The van der Waals surface area contributed by atoms with Gasteiger partial charge in [0.15, 0.2) is 6.10 Å². The Morgan fingerprint density at radius 3 is 1.79 bits per heavy atom. The Morgan fingerprint density at radius 2 is 1.31 bits per heavy atom. The number of carbonyl (C=O) groups excluding carboxylic acids is 3. The van der Waals surface area contributed by atoms with Gasteiger partial charge in [0.2, 0.25) is 0 Å². The highest BCUT2D eigenvalue weighted by Gasteiger charge is 2.40. The molecule has 0 saturated carbocycles. The number of amides is 1. The van der Waals surface area contributed by atoms with Crippen molar-refractivity contribution in [2.75, 3.05) is 13.2 Å². The lowest BCUT2D eigenvalue weighted by molar-refractivity contribution is -0.171. The van der Waals surface area contributed by atoms with E-state index in [1.165, 1.54) is 0 Å². The molecular formula is C31H42NO7. The molecule has 3 atom stereocenters. The van der Waals surface area contributed by atoms with Gasteiger partial charge in [0.1, 0.15) is 6.61 Å². The zero-order valence-electron chi connectivity index (χ0n) is 23.5. The van der Waals surface area contributed by atoms with E-state index >= 15 is 0 Å². The second-order valence-electron chi connectivity index (χ2n) is 10.3. The van der Waals surface area contributed by atoms with E-state index in [1.807, 2.05) is 60.7 Å². The summed E-state index contributed by atoms with van der Waals surface area (Å²) in [5.41, 5.74) is 1.02. The Kier molecular flexibility index (Phi) is 13.7. The minimum Gasteiger partial charge on any atom is -0.465 e. The summed E-state index contributed by atoms with van der Waals surface area (Å²) >= 11 is 0. The van der Waals surface area contributed by atoms with Gasteiger partial charge in [-0.25, -0.2) is 0 Å². The Labute approximate surface area is 232 Å². The lowest BCUT2D eigenvalue weighted by Crippen LogP contribution is -2.49. The molecule has 8 nitrogen and oxygen atoms in total. The summed E-state index contributed by atoms with van der Waals surface area (Å²) in [4.78, 5) is 38.2. The van der Waals surface area contributed by atoms with Gasteiger partial charge in [-0.05, 0) is 31.4 Å². The smallest absolute Gasteiger partial charge is 0.309 e. The van der Waals surface area contributed by atoms with Crippen LogP contribution < -0.4 is 5.32 Å². The average molecular weight is 541 g/mol. The van der Waals surface area contributed by atoms with Gasteiger partial charge in [-0.3, -0.25) is 14.4 Å². The monoisotopic (exact) mass is 540 g/mol. The van der Waals surface area contributed by atoms with Crippen LogP contribution in [0.3, 0.4) is 0 Å². The van der Waals surface area contributed by atoms with Crippen LogP contribution in [0.4, 0.5) is 0 Å². The van der Waals surface area contributed by atoms with E-state index in [2.05, 4.69) is 12.2 Å². The fourth-order valence-corrected chi connectivity index (χ4v) is 3.67. The van der Waals surface area contributed by atoms with Crippen molar-refractivity contribution in [2.45, 2.75) is 78.5 Å². The van der Waals surface area contributed by atoms with Crippen LogP contribution >= 0.6 is 0 Å². The van der Waals surface area contributed by atoms with E-state index in [0.29, 0.717) is 26.2 Å². The van der Waals surface area contributed by atoms with Gasteiger partial charge in [-0.2, -0.15) is 0 Å². The van der Waals surface area contributed by atoms with E-state index in [9.17, 15) is 14.4 Å². The Morgan fingerprint density at radius 1 is 0.821 bits per heavy atom. The number of benzene rings is 2. The summed E-state index contributed by atoms with van der Waals surface area (Å²) in [6.07, 6.45) is -1.44. The molecule has 1 N–H and O–H groups in total. The van der Waals surface area contributed by atoms with Crippen LogP contribution in [0.1, 0.15) is 58.1 Å². The molecule has 0 saturated heterocycles. The van der Waals surface area contributed by atoms with Crippen molar-refractivity contribution in [1.82, 2.24) is 5.32 Å². The number of rotatable bonds is 17. The summed E-state index contributed by atoms with van der Waals surface area (Å²) in [5, 5.41) is 2.73. The molecule has 2 aromatic rings. The second-order valence-corrected chi connectivity index (χ2v) is 10.3. The first-order chi connectivity index (χ1) is 18.6. The lowest BCUT2D eigenvalue weighted by Gasteiger charge is -2.32. The Bertz CT molecular complexity index is 1010. The molecule has 0 aliphatic heterocycles. The molecule has 0 fully saturated rings. The van der Waals surface area contributed by atoms with Crippen molar-refractivity contribution in [3.63, 3.8) is 0 Å². The largest absolute Gasteiger partial charge is 0.465 e. The molecule has 0 heterocycles. The van der Waals surface area contributed by atoms with Crippen molar-refractivity contribution >= 4 is 17.8 Å². The van der Waals surface area contributed by atoms with Crippen LogP contribution in [-0.2, 0) is 46.5 Å². The predicted molar refractivity (Wildman–Crippen MR) is 148 cm³/mol. The standard InChI is InChI=1S/C31H42NO7/c1-6-17-32-30(35)29(39-28(34)19-24(3)37-21-26-15-11-8-12-16-26)31(4,5)22-38-27(33)18-23(2)36-20-25-13-9-7-10-14-25/h7-16,23-24,29H,1,6,17-22H2,2-5H3,(H,32,35)/t23-,24-,29+/m1/s1. The summed E-state index contributed by atoms with van der Waals surface area (Å²) in [6.45, 7) is 11.7. The van der Waals surface area contributed by atoms with Crippen LogP contribution in [-0.4, -0.2) is 49.3 Å². The molecular weight excluding hydrogens is 498 g/mol. The second kappa shape index (κ2) is 16.7. The molecule has 1 amide bonds. The minimum absolute atomic E-state index is 0.0297. The maximum atomic E-state index is 12.9. The zero-order chi connectivity index (χ0) is 28.7. The summed E-state index contributed by atoms with van der Waals surface area (Å²) in [6, 6.07) is 19.3.